The lowest BCUT2D eigenvalue weighted by Crippen LogP contribution is -1.90. The number of imidazole rings is 1. The Labute approximate surface area is 147 Å². The topological polar surface area (TPSA) is 26.5 Å². The summed E-state index contributed by atoms with van der Waals surface area (Å²) in [7, 11) is 0. The Morgan fingerprint density at radius 2 is 1.68 bits per heavy atom. The molecule has 0 spiro atoms. The summed E-state index contributed by atoms with van der Waals surface area (Å²) >= 11 is 0. The van der Waals surface area contributed by atoms with Gasteiger partial charge in [0.25, 0.3) is 0 Å². The third-order valence-corrected chi connectivity index (χ3v) is 4.26. The van der Waals surface area contributed by atoms with E-state index in [9.17, 15) is 0 Å². The van der Waals surface area contributed by atoms with Crippen molar-refractivity contribution in [3.8, 4) is 22.8 Å². The summed E-state index contributed by atoms with van der Waals surface area (Å²) in [4.78, 5) is 4.68. The summed E-state index contributed by atoms with van der Waals surface area (Å²) in [6, 6.07) is 18.5. The molecule has 0 amide bonds. The van der Waals surface area contributed by atoms with Crippen LogP contribution in [-0.4, -0.2) is 9.38 Å². The maximum atomic E-state index is 6.09. The lowest BCUT2D eigenvalue weighted by molar-refractivity contribution is 0.478. The molecule has 2 aromatic heterocycles. The van der Waals surface area contributed by atoms with E-state index in [-0.39, 0.29) is 0 Å². The molecule has 0 unspecified atom stereocenters. The highest BCUT2D eigenvalue weighted by Gasteiger charge is 2.08. The Morgan fingerprint density at radius 3 is 2.40 bits per heavy atom. The summed E-state index contributed by atoms with van der Waals surface area (Å²) in [5.41, 5.74) is 6.50. The van der Waals surface area contributed by atoms with E-state index in [0.29, 0.717) is 0 Å². The molecule has 3 nitrogen and oxygen atoms in total. The molecule has 0 saturated carbocycles. The first-order valence-corrected chi connectivity index (χ1v) is 8.39. The van der Waals surface area contributed by atoms with Gasteiger partial charge in [-0.2, -0.15) is 0 Å². The number of aryl methyl sites for hydroxylation is 3. The molecule has 0 fully saturated rings. The van der Waals surface area contributed by atoms with E-state index in [1.807, 2.05) is 34.9 Å². The number of pyridine rings is 1. The van der Waals surface area contributed by atoms with E-state index in [4.69, 9.17) is 4.74 Å². The molecule has 0 aliphatic rings. The molecule has 124 valence electrons. The van der Waals surface area contributed by atoms with Gasteiger partial charge in [-0.25, -0.2) is 4.98 Å². The molecular weight excluding hydrogens is 308 g/mol. The normalized spacial score (nSPS) is 11.0. The Kier molecular flexibility index (Phi) is 3.77. The second-order valence-corrected chi connectivity index (χ2v) is 6.50. The average Bonchev–Trinajstić information content (AvgIpc) is 3.00. The smallest absolute Gasteiger partial charge is 0.137 e. The Balaban J connectivity index is 1.66. The fraction of sp³-hybridized carbons (Fsp3) is 0.136. The van der Waals surface area contributed by atoms with Gasteiger partial charge in [-0.05, 0) is 79.9 Å². The second kappa shape index (κ2) is 6.10. The van der Waals surface area contributed by atoms with Crippen LogP contribution in [0.25, 0.3) is 16.9 Å². The van der Waals surface area contributed by atoms with E-state index < -0.39 is 0 Å². The van der Waals surface area contributed by atoms with Gasteiger partial charge in [0.2, 0.25) is 0 Å². The van der Waals surface area contributed by atoms with Crippen molar-refractivity contribution in [2.45, 2.75) is 20.8 Å². The summed E-state index contributed by atoms with van der Waals surface area (Å²) < 4.78 is 8.13. The number of ether oxygens (including phenoxy) is 1. The number of nitrogens with zero attached hydrogens (tertiary/aromatic N) is 2. The fourth-order valence-corrected chi connectivity index (χ4v) is 3.12. The Morgan fingerprint density at radius 1 is 0.880 bits per heavy atom. The first kappa shape index (κ1) is 15.5. The van der Waals surface area contributed by atoms with Crippen LogP contribution in [0.3, 0.4) is 0 Å². The van der Waals surface area contributed by atoms with Crippen molar-refractivity contribution in [3.05, 3.63) is 83.7 Å². The van der Waals surface area contributed by atoms with Crippen LogP contribution in [-0.2, 0) is 0 Å². The Bertz CT molecular complexity index is 1010. The first-order chi connectivity index (χ1) is 12.1. The quantitative estimate of drug-likeness (QED) is 0.481. The molecule has 0 atom stereocenters. The van der Waals surface area contributed by atoms with Crippen LogP contribution in [0.5, 0.6) is 11.5 Å². The van der Waals surface area contributed by atoms with E-state index in [0.717, 1.165) is 34.0 Å². The van der Waals surface area contributed by atoms with Gasteiger partial charge < -0.3 is 9.14 Å². The highest BCUT2D eigenvalue weighted by molar-refractivity contribution is 5.65. The van der Waals surface area contributed by atoms with Crippen molar-refractivity contribution in [1.29, 1.82) is 0 Å². The summed E-state index contributed by atoms with van der Waals surface area (Å²) in [6.45, 7) is 6.23. The molecule has 0 N–H and O–H groups in total. The molecule has 0 radical (unpaired) electrons. The second-order valence-electron chi connectivity index (χ2n) is 6.50. The SMILES string of the molecule is Cc1cc(C)cc(Oc2ccc(-c3cn4ccccc4n3)cc2C)c1. The lowest BCUT2D eigenvalue weighted by atomic mass is 10.1. The summed E-state index contributed by atoms with van der Waals surface area (Å²) in [6.07, 6.45) is 4.06. The predicted molar refractivity (Wildman–Crippen MR) is 101 cm³/mol. The van der Waals surface area contributed by atoms with E-state index >= 15 is 0 Å². The standard InChI is InChI=1S/C22H20N2O/c1-15-10-16(2)12-19(11-15)25-21-8-7-18(13-17(21)3)20-14-24-9-5-4-6-22(24)23-20/h4-14H,1-3H3. The van der Waals surface area contributed by atoms with Gasteiger partial charge in [0.05, 0.1) is 5.69 Å². The van der Waals surface area contributed by atoms with Gasteiger partial charge in [-0.15, -0.1) is 0 Å². The van der Waals surface area contributed by atoms with Crippen LogP contribution in [0.1, 0.15) is 16.7 Å². The fourth-order valence-electron chi connectivity index (χ4n) is 3.12. The molecule has 3 heteroatoms. The van der Waals surface area contributed by atoms with Crippen molar-refractivity contribution in [1.82, 2.24) is 9.38 Å². The first-order valence-electron chi connectivity index (χ1n) is 8.39. The molecule has 4 rings (SSSR count). The minimum absolute atomic E-state index is 0.873. The van der Waals surface area contributed by atoms with Gasteiger partial charge >= 0.3 is 0 Å². The molecular formula is C22H20N2O. The number of benzene rings is 2. The molecule has 0 saturated heterocycles. The third-order valence-electron chi connectivity index (χ3n) is 4.26. The Hall–Kier alpha value is -3.07. The average molecular weight is 328 g/mol. The van der Waals surface area contributed by atoms with Crippen molar-refractivity contribution in [3.63, 3.8) is 0 Å². The van der Waals surface area contributed by atoms with E-state index in [1.54, 1.807) is 0 Å². The molecule has 25 heavy (non-hydrogen) atoms. The van der Waals surface area contributed by atoms with Crippen LogP contribution in [0, 0.1) is 20.8 Å². The van der Waals surface area contributed by atoms with Crippen molar-refractivity contribution in [2.75, 3.05) is 0 Å². The monoisotopic (exact) mass is 328 g/mol. The van der Waals surface area contributed by atoms with Crippen molar-refractivity contribution in [2.24, 2.45) is 0 Å². The van der Waals surface area contributed by atoms with E-state index in [2.05, 4.69) is 62.3 Å². The highest BCUT2D eigenvalue weighted by Crippen LogP contribution is 2.30. The van der Waals surface area contributed by atoms with Crippen LogP contribution < -0.4 is 4.74 Å². The maximum absolute atomic E-state index is 6.09. The number of hydrogen-bond donors (Lipinski definition) is 0. The zero-order valence-corrected chi connectivity index (χ0v) is 14.7. The van der Waals surface area contributed by atoms with Crippen molar-refractivity contribution < 1.29 is 4.74 Å². The maximum Gasteiger partial charge on any atom is 0.137 e. The number of rotatable bonds is 3. The van der Waals surface area contributed by atoms with Crippen LogP contribution >= 0.6 is 0 Å². The number of aromatic nitrogens is 2. The molecule has 2 heterocycles. The van der Waals surface area contributed by atoms with Crippen LogP contribution in [0.2, 0.25) is 0 Å². The van der Waals surface area contributed by atoms with Crippen molar-refractivity contribution >= 4 is 5.65 Å². The predicted octanol–water partition coefficient (Wildman–Crippen LogP) is 5.72. The summed E-state index contributed by atoms with van der Waals surface area (Å²) in [5.74, 6) is 1.75. The molecule has 4 aromatic rings. The third kappa shape index (κ3) is 3.13. The minimum atomic E-state index is 0.873. The number of hydrogen-bond acceptors (Lipinski definition) is 2. The largest absolute Gasteiger partial charge is 0.457 e. The van der Waals surface area contributed by atoms with Crippen LogP contribution in [0.4, 0.5) is 0 Å². The van der Waals surface area contributed by atoms with Gasteiger partial charge in [0, 0.05) is 18.0 Å². The molecule has 2 aromatic carbocycles. The zero-order chi connectivity index (χ0) is 17.4. The molecule has 0 aliphatic carbocycles. The molecule has 0 aliphatic heterocycles. The van der Waals surface area contributed by atoms with E-state index in [1.165, 1.54) is 11.1 Å². The van der Waals surface area contributed by atoms with Crippen LogP contribution in [0.15, 0.2) is 67.0 Å². The number of fused-ring (bicyclic) bond motifs is 1. The zero-order valence-electron chi connectivity index (χ0n) is 14.7. The van der Waals surface area contributed by atoms with Gasteiger partial charge in [-0.3, -0.25) is 0 Å². The lowest BCUT2D eigenvalue weighted by Gasteiger charge is -2.11. The van der Waals surface area contributed by atoms with Gasteiger partial charge in [0.1, 0.15) is 17.1 Å². The molecule has 0 bridgehead atoms. The summed E-state index contributed by atoms with van der Waals surface area (Å²) in [5, 5.41) is 0. The van der Waals surface area contributed by atoms with Gasteiger partial charge in [-0.1, -0.05) is 12.1 Å². The minimum Gasteiger partial charge on any atom is -0.457 e. The van der Waals surface area contributed by atoms with Gasteiger partial charge in [0.15, 0.2) is 0 Å². The highest BCUT2D eigenvalue weighted by atomic mass is 16.5.